The number of carbonyl (C=O) groups is 1. The van der Waals surface area contributed by atoms with Crippen molar-refractivity contribution in [3.63, 3.8) is 0 Å². The third-order valence-electron chi connectivity index (χ3n) is 5.54. The molecule has 2 heterocycles. The van der Waals surface area contributed by atoms with Crippen molar-refractivity contribution in [2.75, 3.05) is 32.4 Å². The average molecular weight is 379 g/mol. The summed E-state index contributed by atoms with van der Waals surface area (Å²) < 4.78 is 0. The molecule has 3 nitrogen and oxygen atoms in total. The first kappa shape index (κ1) is 18.3. The van der Waals surface area contributed by atoms with Crippen molar-refractivity contribution < 1.29 is 4.79 Å². The van der Waals surface area contributed by atoms with Crippen molar-refractivity contribution in [3.8, 4) is 0 Å². The van der Waals surface area contributed by atoms with E-state index in [1.54, 1.807) is 11.8 Å². The number of rotatable bonds is 6. The summed E-state index contributed by atoms with van der Waals surface area (Å²) in [5, 5.41) is 0.166. The first-order valence-corrected chi connectivity index (χ1v) is 11.0. The van der Waals surface area contributed by atoms with E-state index < -0.39 is 0 Å². The molecule has 1 amide bonds. The van der Waals surface area contributed by atoms with Gasteiger partial charge in [0, 0.05) is 31.7 Å². The van der Waals surface area contributed by atoms with Crippen molar-refractivity contribution >= 4 is 23.2 Å². The molecule has 0 saturated heterocycles. The quantitative estimate of drug-likeness (QED) is 0.729. The molecule has 0 radical (unpaired) electrons. The fourth-order valence-corrected chi connectivity index (χ4v) is 5.02. The Balaban J connectivity index is 1.31. The lowest BCUT2D eigenvalue weighted by molar-refractivity contribution is 0.0766. The van der Waals surface area contributed by atoms with Crippen molar-refractivity contribution in [1.29, 1.82) is 0 Å². The first-order valence-electron chi connectivity index (χ1n) is 9.67. The highest BCUT2D eigenvalue weighted by Crippen LogP contribution is 2.40. The maximum absolute atomic E-state index is 12.7. The molecule has 4 rings (SSSR count). The van der Waals surface area contributed by atoms with E-state index in [0.717, 1.165) is 44.6 Å². The maximum atomic E-state index is 12.7. The molecule has 2 aliphatic rings. The molecule has 0 aliphatic carbocycles. The zero-order valence-electron chi connectivity index (χ0n) is 15.8. The summed E-state index contributed by atoms with van der Waals surface area (Å²) in [6, 6.07) is 18.7. The Morgan fingerprint density at radius 2 is 1.81 bits per heavy atom. The summed E-state index contributed by atoms with van der Waals surface area (Å²) in [6.45, 7) is 3.97. The molecule has 0 bridgehead atoms. The highest BCUT2D eigenvalue weighted by molar-refractivity contribution is 7.98. The fraction of sp³-hybridized carbons (Fsp3) is 0.348. The summed E-state index contributed by atoms with van der Waals surface area (Å²) in [5.41, 5.74) is 4.86. The molecule has 0 spiro atoms. The standard InChI is InChI=1S/C23H26N2OS/c1-27-23-21-11-6-5-10-20(21)22(26)25(23)15-7-14-24-16-12-19(13-17-24)18-8-3-2-4-9-18/h2-6,8-12,23H,7,13-17H2,1H3. The number of hydrogen-bond acceptors (Lipinski definition) is 3. The van der Waals surface area contributed by atoms with Crippen LogP contribution < -0.4 is 0 Å². The van der Waals surface area contributed by atoms with E-state index in [1.807, 2.05) is 23.1 Å². The van der Waals surface area contributed by atoms with Gasteiger partial charge in [-0.3, -0.25) is 9.69 Å². The summed E-state index contributed by atoms with van der Waals surface area (Å²) in [5.74, 6) is 0.190. The summed E-state index contributed by atoms with van der Waals surface area (Å²) in [6.07, 6.45) is 6.57. The van der Waals surface area contributed by atoms with E-state index in [4.69, 9.17) is 0 Å². The first-order chi connectivity index (χ1) is 13.3. The molecule has 2 aromatic rings. The molecule has 1 atom stereocenters. The van der Waals surface area contributed by atoms with Crippen LogP contribution in [-0.2, 0) is 0 Å². The Kier molecular flexibility index (Phi) is 5.65. The van der Waals surface area contributed by atoms with Crippen LogP contribution in [0.25, 0.3) is 5.57 Å². The van der Waals surface area contributed by atoms with E-state index in [0.29, 0.717) is 0 Å². The van der Waals surface area contributed by atoms with Crippen LogP contribution in [0.4, 0.5) is 0 Å². The summed E-state index contributed by atoms with van der Waals surface area (Å²) in [7, 11) is 0. The number of carbonyl (C=O) groups excluding carboxylic acids is 1. The second-order valence-electron chi connectivity index (χ2n) is 7.17. The van der Waals surface area contributed by atoms with E-state index >= 15 is 0 Å². The van der Waals surface area contributed by atoms with E-state index in [-0.39, 0.29) is 11.3 Å². The Hall–Kier alpha value is -2.04. The van der Waals surface area contributed by atoms with Gasteiger partial charge in [-0.1, -0.05) is 54.6 Å². The van der Waals surface area contributed by atoms with Gasteiger partial charge in [0.05, 0.1) is 0 Å². The summed E-state index contributed by atoms with van der Waals surface area (Å²) in [4.78, 5) is 17.3. The van der Waals surface area contributed by atoms with Crippen molar-refractivity contribution in [3.05, 3.63) is 77.4 Å². The minimum atomic E-state index is 0.166. The second kappa shape index (κ2) is 8.32. The molecule has 0 N–H and O–H groups in total. The number of hydrogen-bond donors (Lipinski definition) is 0. The number of nitrogens with zero attached hydrogens (tertiary/aromatic N) is 2. The predicted molar refractivity (Wildman–Crippen MR) is 114 cm³/mol. The molecule has 2 aromatic carbocycles. The minimum Gasteiger partial charge on any atom is -0.322 e. The van der Waals surface area contributed by atoms with Crippen LogP contribution in [0.2, 0.25) is 0 Å². The van der Waals surface area contributed by atoms with Gasteiger partial charge in [-0.2, -0.15) is 0 Å². The molecule has 0 saturated carbocycles. The molecular formula is C23H26N2OS. The molecule has 0 aromatic heterocycles. The Morgan fingerprint density at radius 1 is 1.04 bits per heavy atom. The molecule has 1 unspecified atom stereocenters. The van der Waals surface area contributed by atoms with E-state index in [1.165, 1.54) is 16.7 Å². The van der Waals surface area contributed by atoms with Crippen LogP contribution in [0.15, 0.2) is 60.7 Å². The summed E-state index contributed by atoms with van der Waals surface area (Å²) >= 11 is 1.75. The average Bonchev–Trinajstić information content (AvgIpc) is 3.01. The lowest BCUT2D eigenvalue weighted by Gasteiger charge is -2.28. The number of benzene rings is 2. The van der Waals surface area contributed by atoms with Gasteiger partial charge in [0.1, 0.15) is 5.37 Å². The monoisotopic (exact) mass is 378 g/mol. The van der Waals surface area contributed by atoms with Gasteiger partial charge in [-0.05, 0) is 41.9 Å². The smallest absolute Gasteiger partial charge is 0.255 e. The van der Waals surface area contributed by atoms with Crippen LogP contribution in [0.1, 0.15) is 39.7 Å². The van der Waals surface area contributed by atoms with Crippen molar-refractivity contribution in [1.82, 2.24) is 9.80 Å². The van der Waals surface area contributed by atoms with Gasteiger partial charge < -0.3 is 4.90 Å². The molecule has 140 valence electrons. The van der Waals surface area contributed by atoms with E-state index in [2.05, 4.69) is 53.6 Å². The van der Waals surface area contributed by atoms with Gasteiger partial charge >= 0.3 is 0 Å². The van der Waals surface area contributed by atoms with Gasteiger partial charge in [-0.25, -0.2) is 0 Å². The zero-order valence-corrected chi connectivity index (χ0v) is 16.6. The predicted octanol–water partition coefficient (Wildman–Crippen LogP) is 4.68. The van der Waals surface area contributed by atoms with Crippen LogP contribution in [0.3, 0.4) is 0 Å². The topological polar surface area (TPSA) is 23.6 Å². The Bertz CT molecular complexity index is 833. The highest BCUT2D eigenvalue weighted by atomic mass is 32.2. The number of fused-ring (bicyclic) bond motifs is 1. The minimum absolute atomic E-state index is 0.166. The van der Waals surface area contributed by atoms with Crippen molar-refractivity contribution in [2.24, 2.45) is 0 Å². The van der Waals surface area contributed by atoms with Crippen LogP contribution in [0, 0.1) is 0 Å². The molecular weight excluding hydrogens is 352 g/mol. The Morgan fingerprint density at radius 3 is 2.56 bits per heavy atom. The fourth-order valence-electron chi connectivity index (χ4n) is 4.10. The number of amides is 1. The molecule has 0 fully saturated rings. The van der Waals surface area contributed by atoms with Gasteiger partial charge in [0.2, 0.25) is 0 Å². The normalized spacial score (nSPS) is 19.9. The van der Waals surface area contributed by atoms with E-state index in [9.17, 15) is 4.79 Å². The SMILES string of the molecule is CSC1c2ccccc2C(=O)N1CCCN1CC=C(c2ccccc2)CC1. The van der Waals surface area contributed by atoms with Gasteiger partial charge in [-0.15, -0.1) is 11.8 Å². The largest absolute Gasteiger partial charge is 0.322 e. The molecule has 4 heteroatoms. The Labute approximate surface area is 166 Å². The van der Waals surface area contributed by atoms with Crippen LogP contribution >= 0.6 is 11.8 Å². The molecule has 27 heavy (non-hydrogen) atoms. The number of thioether (sulfide) groups is 1. The lowest BCUT2D eigenvalue weighted by Crippen LogP contribution is -2.33. The third-order valence-corrected chi connectivity index (χ3v) is 6.49. The maximum Gasteiger partial charge on any atom is 0.255 e. The van der Waals surface area contributed by atoms with Gasteiger partial charge in [0.25, 0.3) is 5.91 Å². The highest BCUT2D eigenvalue weighted by Gasteiger charge is 2.35. The van der Waals surface area contributed by atoms with Crippen LogP contribution in [-0.4, -0.2) is 48.1 Å². The molecule has 2 aliphatic heterocycles. The third kappa shape index (κ3) is 3.83. The lowest BCUT2D eigenvalue weighted by atomic mass is 9.99. The van der Waals surface area contributed by atoms with Crippen molar-refractivity contribution in [2.45, 2.75) is 18.2 Å². The zero-order chi connectivity index (χ0) is 18.6. The van der Waals surface area contributed by atoms with Crippen LogP contribution in [0.5, 0.6) is 0 Å². The van der Waals surface area contributed by atoms with Gasteiger partial charge in [0.15, 0.2) is 0 Å². The second-order valence-corrected chi connectivity index (χ2v) is 8.09.